The van der Waals surface area contributed by atoms with Gasteiger partial charge < -0.3 is 10.4 Å². The van der Waals surface area contributed by atoms with E-state index in [0.717, 1.165) is 6.54 Å². The summed E-state index contributed by atoms with van der Waals surface area (Å²) in [6, 6.07) is 0.279. The predicted octanol–water partition coefficient (Wildman–Crippen LogP) is 1.39. The lowest BCUT2D eigenvalue weighted by Crippen LogP contribution is -2.37. The maximum atomic E-state index is 8.93. The Morgan fingerprint density at radius 1 is 1.36 bits per heavy atom. The summed E-state index contributed by atoms with van der Waals surface area (Å²) in [6.45, 7) is 7.70. The highest BCUT2D eigenvalue weighted by molar-refractivity contribution is 4.68. The Hall–Kier alpha value is -0.0800. The highest BCUT2D eigenvalue weighted by Crippen LogP contribution is 2.00. The minimum Gasteiger partial charge on any atom is -0.395 e. The van der Waals surface area contributed by atoms with E-state index >= 15 is 0 Å². The highest BCUT2D eigenvalue weighted by Gasteiger charge is 2.09. The third-order valence-corrected chi connectivity index (χ3v) is 1.94. The normalized spacial score (nSPS) is 13.9. The van der Waals surface area contributed by atoms with Gasteiger partial charge in [0.25, 0.3) is 0 Å². The molecule has 0 aliphatic heterocycles. The van der Waals surface area contributed by atoms with Gasteiger partial charge in [0.05, 0.1) is 6.61 Å². The first-order chi connectivity index (χ1) is 5.22. The molecule has 0 saturated carbocycles. The van der Waals surface area contributed by atoms with Gasteiger partial charge in [-0.2, -0.15) is 0 Å². The summed E-state index contributed by atoms with van der Waals surface area (Å²) < 4.78 is 0. The Kier molecular flexibility index (Phi) is 6.57. The van der Waals surface area contributed by atoms with Crippen molar-refractivity contribution in [1.82, 2.24) is 5.32 Å². The van der Waals surface area contributed by atoms with Crippen LogP contribution >= 0.6 is 0 Å². The van der Waals surface area contributed by atoms with E-state index in [1.54, 1.807) is 0 Å². The van der Waals surface area contributed by atoms with Crippen molar-refractivity contribution in [3.8, 4) is 0 Å². The number of rotatable bonds is 6. The molecule has 0 radical (unpaired) electrons. The molecule has 0 aromatic carbocycles. The van der Waals surface area contributed by atoms with E-state index in [9.17, 15) is 0 Å². The van der Waals surface area contributed by atoms with Gasteiger partial charge in [0.15, 0.2) is 0 Å². The van der Waals surface area contributed by atoms with E-state index in [-0.39, 0.29) is 12.6 Å². The van der Waals surface area contributed by atoms with Crippen LogP contribution in [0.15, 0.2) is 0 Å². The first-order valence-electron chi connectivity index (χ1n) is 4.56. The first kappa shape index (κ1) is 10.9. The quantitative estimate of drug-likeness (QED) is 0.574. The van der Waals surface area contributed by atoms with Gasteiger partial charge in [-0.05, 0) is 18.9 Å². The third kappa shape index (κ3) is 5.22. The average Bonchev–Trinajstić information content (AvgIpc) is 1.97. The molecule has 0 bridgehead atoms. The summed E-state index contributed by atoms with van der Waals surface area (Å²) in [6.07, 6.45) is 2.41. The van der Waals surface area contributed by atoms with Crippen molar-refractivity contribution in [1.29, 1.82) is 0 Å². The van der Waals surface area contributed by atoms with Gasteiger partial charge in [-0.25, -0.2) is 0 Å². The Labute approximate surface area is 70.0 Å². The minimum atomic E-state index is 0.251. The molecule has 68 valence electrons. The molecule has 0 spiro atoms. The smallest absolute Gasteiger partial charge is 0.0587 e. The van der Waals surface area contributed by atoms with E-state index in [4.69, 9.17) is 5.11 Å². The lowest BCUT2D eigenvalue weighted by Gasteiger charge is -2.19. The van der Waals surface area contributed by atoms with Crippen LogP contribution in [0, 0.1) is 5.92 Å². The lowest BCUT2D eigenvalue weighted by atomic mass is 10.1. The molecule has 0 aliphatic rings. The third-order valence-electron chi connectivity index (χ3n) is 1.94. The number of unbranched alkanes of at least 4 members (excludes halogenated alkanes) is 1. The molecule has 0 aliphatic carbocycles. The molecule has 0 aromatic rings. The Bertz CT molecular complexity index is 83.6. The number of aliphatic hydroxyl groups is 1. The molecule has 0 fully saturated rings. The van der Waals surface area contributed by atoms with Crippen LogP contribution in [-0.4, -0.2) is 24.3 Å². The van der Waals surface area contributed by atoms with Crippen LogP contribution in [0.1, 0.15) is 33.6 Å². The molecule has 1 atom stereocenters. The second kappa shape index (κ2) is 6.62. The van der Waals surface area contributed by atoms with Crippen LogP contribution in [0.25, 0.3) is 0 Å². The van der Waals surface area contributed by atoms with Gasteiger partial charge in [0.1, 0.15) is 0 Å². The Morgan fingerprint density at radius 3 is 2.36 bits per heavy atom. The molecule has 2 heteroatoms. The molecule has 2 nitrogen and oxygen atoms in total. The Morgan fingerprint density at radius 2 is 2.00 bits per heavy atom. The molecule has 0 saturated heterocycles. The molecule has 0 aromatic heterocycles. The predicted molar refractivity (Wildman–Crippen MR) is 48.6 cm³/mol. The molecule has 0 unspecified atom stereocenters. The van der Waals surface area contributed by atoms with E-state index in [2.05, 4.69) is 26.1 Å². The Balaban J connectivity index is 3.36. The lowest BCUT2D eigenvalue weighted by molar-refractivity contribution is 0.211. The fourth-order valence-corrected chi connectivity index (χ4v) is 0.975. The molecule has 0 heterocycles. The first-order valence-corrected chi connectivity index (χ1v) is 4.56. The zero-order valence-electron chi connectivity index (χ0n) is 7.93. The van der Waals surface area contributed by atoms with Crippen LogP contribution in [0.5, 0.6) is 0 Å². The van der Waals surface area contributed by atoms with Crippen molar-refractivity contribution in [2.75, 3.05) is 13.2 Å². The van der Waals surface area contributed by atoms with Crippen LogP contribution in [0.4, 0.5) is 0 Å². The molecule has 0 amide bonds. The van der Waals surface area contributed by atoms with Crippen molar-refractivity contribution in [3.63, 3.8) is 0 Å². The van der Waals surface area contributed by atoms with Crippen molar-refractivity contribution in [2.45, 2.75) is 39.7 Å². The largest absolute Gasteiger partial charge is 0.395 e. The zero-order chi connectivity index (χ0) is 8.69. The molecule has 2 N–H and O–H groups in total. The number of nitrogens with one attached hydrogen (secondary N) is 1. The van der Waals surface area contributed by atoms with Crippen LogP contribution < -0.4 is 5.32 Å². The van der Waals surface area contributed by atoms with Gasteiger partial charge in [-0.15, -0.1) is 0 Å². The second-order valence-electron chi connectivity index (χ2n) is 3.34. The maximum Gasteiger partial charge on any atom is 0.0587 e. The van der Waals surface area contributed by atoms with Crippen molar-refractivity contribution in [2.24, 2.45) is 5.92 Å². The summed E-state index contributed by atoms with van der Waals surface area (Å²) in [4.78, 5) is 0. The molecule has 11 heavy (non-hydrogen) atoms. The van der Waals surface area contributed by atoms with Gasteiger partial charge in [0, 0.05) is 6.04 Å². The van der Waals surface area contributed by atoms with Gasteiger partial charge >= 0.3 is 0 Å². The standard InChI is InChI=1S/C9H21NO/c1-4-5-6-10-9(7-11)8(2)3/h8-11H,4-7H2,1-3H3/t9-/m1/s1. The molecular weight excluding hydrogens is 138 g/mol. The van der Waals surface area contributed by atoms with Crippen molar-refractivity contribution in [3.05, 3.63) is 0 Å². The van der Waals surface area contributed by atoms with E-state index < -0.39 is 0 Å². The summed E-state index contributed by atoms with van der Waals surface area (Å²) in [5, 5.41) is 12.3. The number of aliphatic hydroxyl groups excluding tert-OH is 1. The van der Waals surface area contributed by atoms with Crippen LogP contribution in [0.3, 0.4) is 0 Å². The zero-order valence-corrected chi connectivity index (χ0v) is 7.93. The molecule has 0 rings (SSSR count). The number of hydrogen-bond acceptors (Lipinski definition) is 2. The van der Waals surface area contributed by atoms with E-state index in [1.165, 1.54) is 12.8 Å². The summed E-state index contributed by atoms with van der Waals surface area (Å²) in [5.74, 6) is 0.525. The second-order valence-corrected chi connectivity index (χ2v) is 3.34. The monoisotopic (exact) mass is 159 g/mol. The summed E-state index contributed by atoms with van der Waals surface area (Å²) in [7, 11) is 0. The molecular formula is C9H21NO. The fraction of sp³-hybridized carbons (Fsp3) is 1.00. The summed E-state index contributed by atoms with van der Waals surface area (Å²) >= 11 is 0. The van der Waals surface area contributed by atoms with Crippen molar-refractivity contribution >= 4 is 0 Å². The fourth-order valence-electron chi connectivity index (χ4n) is 0.975. The number of hydrogen-bond donors (Lipinski definition) is 2. The van der Waals surface area contributed by atoms with Crippen LogP contribution in [-0.2, 0) is 0 Å². The van der Waals surface area contributed by atoms with E-state index in [1.807, 2.05) is 0 Å². The van der Waals surface area contributed by atoms with Gasteiger partial charge in [-0.3, -0.25) is 0 Å². The average molecular weight is 159 g/mol. The van der Waals surface area contributed by atoms with Crippen LogP contribution in [0.2, 0.25) is 0 Å². The topological polar surface area (TPSA) is 32.3 Å². The van der Waals surface area contributed by atoms with Gasteiger partial charge in [-0.1, -0.05) is 27.2 Å². The minimum absolute atomic E-state index is 0.251. The highest BCUT2D eigenvalue weighted by atomic mass is 16.3. The SMILES string of the molecule is CCCCN[C@H](CO)C(C)C. The van der Waals surface area contributed by atoms with Crippen molar-refractivity contribution < 1.29 is 5.11 Å². The summed E-state index contributed by atoms with van der Waals surface area (Å²) in [5.41, 5.74) is 0. The van der Waals surface area contributed by atoms with E-state index in [0.29, 0.717) is 5.92 Å². The maximum absolute atomic E-state index is 8.93. The van der Waals surface area contributed by atoms with Gasteiger partial charge in [0.2, 0.25) is 0 Å².